The Morgan fingerprint density at radius 1 is 1.61 bits per heavy atom. The monoisotopic (exact) mass is 274 g/mol. The normalized spacial score (nSPS) is 19.1. The third kappa shape index (κ3) is 4.27. The van der Waals surface area contributed by atoms with E-state index in [0.29, 0.717) is 24.7 Å². The summed E-state index contributed by atoms with van der Waals surface area (Å²) in [5.41, 5.74) is 0. The molecule has 1 fully saturated rings. The van der Waals surface area contributed by atoms with Gasteiger partial charge in [-0.3, -0.25) is 4.79 Å². The maximum Gasteiger partial charge on any atom is 0.228 e. The second kappa shape index (κ2) is 7.33. The summed E-state index contributed by atoms with van der Waals surface area (Å²) in [4.78, 5) is 15.9. The van der Waals surface area contributed by atoms with Gasteiger partial charge in [0.25, 0.3) is 0 Å². The lowest BCUT2D eigenvalue weighted by atomic mass is 9.99. The molecule has 0 saturated carbocycles. The van der Waals surface area contributed by atoms with E-state index >= 15 is 0 Å². The summed E-state index contributed by atoms with van der Waals surface area (Å²) < 4.78 is 4.97. The van der Waals surface area contributed by atoms with Crippen LogP contribution in [0.15, 0.2) is 4.52 Å². The number of aromatic nitrogens is 2. The summed E-state index contributed by atoms with van der Waals surface area (Å²) in [7, 11) is 0. The first-order valence-corrected chi connectivity index (χ1v) is 6.03. The van der Waals surface area contributed by atoms with Gasteiger partial charge in [0.15, 0.2) is 5.82 Å². The number of carbonyl (C=O) groups excluding carboxylic acids is 1. The highest BCUT2D eigenvalue weighted by Gasteiger charge is 2.20. The first-order chi connectivity index (χ1) is 8.25. The highest BCUT2D eigenvalue weighted by atomic mass is 35.5. The van der Waals surface area contributed by atoms with E-state index in [4.69, 9.17) is 4.52 Å². The van der Waals surface area contributed by atoms with E-state index in [0.717, 1.165) is 25.9 Å². The summed E-state index contributed by atoms with van der Waals surface area (Å²) in [6.07, 6.45) is 2.63. The van der Waals surface area contributed by atoms with E-state index in [1.54, 1.807) is 6.92 Å². The maximum absolute atomic E-state index is 11.8. The van der Waals surface area contributed by atoms with Crippen molar-refractivity contribution >= 4 is 18.3 Å². The molecule has 1 aromatic rings. The molecule has 2 N–H and O–H groups in total. The molecule has 6 nitrogen and oxygen atoms in total. The predicted octanol–water partition coefficient (Wildman–Crippen LogP) is 0.458. The van der Waals surface area contributed by atoms with Crippen LogP contribution in [-0.4, -0.2) is 35.7 Å². The molecule has 18 heavy (non-hydrogen) atoms. The minimum atomic E-state index is 0. The molecule has 2 rings (SSSR count). The molecule has 1 saturated heterocycles. The number of nitrogens with one attached hydrogen (secondary N) is 2. The summed E-state index contributed by atoms with van der Waals surface area (Å²) in [5, 5.41) is 9.82. The number of carbonyl (C=O) groups is 1. The van der Waals surface area contributed by atoms with Gasteiger partial charge in [-0.25, -0.2) is 0 Å². The number of nitrogens with zero attached hydrogens (tertiary/aromatic N) is 2. The van der Waals surface area contributed by atoms with Gasteiger partial charge in [-0.05, 0) is 26.3 Å². The van der Waals surface area contributed by atoms with Crippen molar-refractivity contribution in [3.63, 3.8) is 0 Å². The SMILES string of the molecule is Cc1noc(CCNC(=O)C2CCCNC2)n1.Cl. The van der Waals surface area contributed by atoms with Crippen LogP contribution in [0, 0.1) is 12.8 Å². The maximum atomic E-state index is 11.8. The number of hydrogen-bond donors (Lipinski definition) is 2. The van der Waals surface area contributed by atoms with Crippen LogP contribution in [0.5, 0.6) is 0 Å². The van der Waals surface area contributed by atoms with Gasteiger partial charge in [0, 0.05) is 19.5 Å². The number of piperidine rings is 1. The summed E-state index contributed by atoms with van der Waals surface area (Å²) in [5.74, 6) is 1.42. The molecule has 0 radical (unpaired) electrons. The van der Waals surface area contributed by atoms with Gasteiger partial charge in [-0.15, -0.1) is 12.4 Å². The quantitative estimate of drug-likeness (QED) is 0.834. The van der Waals surface area contributed by atoms with Gasteiger partial charge < -0.3 is 15.2 Å². The van der Waals surface area contributed by atoms with Crippen molar-refractivity contribution in [3.8, 4) is 0 Å². The first kappa shape index (κ1) is 14.9. The zero-order valence-corrected chi connectivity index (χ0v) is 11.3. The Bertz CT molecular complexity index is 377. The fraction of sp³-hybridized carbons (Fsp3) is 0.727. The van der Waals surface area contributed by atoms with Crippen LogP contribution in [-0.2, 0) is 11.2 Å². The minimum absolute atomic E-state index is 0. The smallest absolute Gasteiger partial charge is 0.228 e. The molecule has 1 unspecified atom stereocenters. The van der Waals surface area contributed by atoms with Crippen LogP contribution in [0.2, 0.25) is 0 Å². The molecule has 0 spiro atoms. The second-order valence-corrected chi connectivity index (χ2v) is 4.32. The number of aryl methyl sites for hydroxylation is 1. The molecule has 0 aromatic carbocycles. The molecule has 1 aliphatic heterocycles. The molecule has 1 amide bonds. The average molecular weight is 275 g/mol. The zero-order valence-electron chi connectivity index (χ0n) is 10.4. The number of halogens is 1. The van der Waals surface area contributed by atoms with Gasteiger partial charge in [0.05, 0.1) is 5.92 Å². The largest absolute Gasteiger partial charge is 0.355 e. The molecular weight excluding hydrogens is 256 g/mol. The van der Waals surface area contributed by atoms with Crippen molar-refractivity contribution in [3.05, 3.63) is 11.7 Å². The van der Waals surface area contributed by atoms with Gasteiger partial charge >= 0.3 is 0 Å². The van der Waals surface area contributed by atoms with E-state index in [1.165, 1.54) is 0 Å². The zero-order chi connectivity index (χ0) is 12.1. The van der Waals surface area contributed by atoms with Crippen LogP contribution in [0.1, 0.15) is 24.6 Å². The third-order valence-corrected chi connectivity index (χ3v) is 2.88. The Kier molecular flexibility index (Phi) is 6.07. The van der Waals surface area contributed by atoms with Crippen LogP contribution in [0.25, 0.3) is 0 Å². The lowest BCUT2D eigenvalue weighted by Crippen LogP contribution is -2.41. The minimum Gasteiger partial charge on any atom is -0.355 e. The molecule has 0 bridgehead atoms. The summed E-state index contributed by atoms with van der Waals surface area (Å²) in [6.45, 7) is 4.13. The molecule has 1 aromatic heterocycles. The Hall–Kier alpha value is -1.14. The van der Waals surface area contributed by atoms with Gasteiger partial charge in [-0.2, -0.15) is 4.98 Å². The molecular formula is C11H19ClN4O2. The molecule has 2 heterocycles. The van der Waals surface area contributed by atoms with Crippen LogP contribution >= 0.6 is 12.4 Å². The van der Waals surface area contributed by atoms with Crippen LogP contribution < -0.4 is 10.6 Å². The number of rotatable bonds is 4. The van der Waals surface area contributed by atoms with E-state index in [9.17, 15) is 4.79 Å². The highest BCUT2D eigenvalue weighted by molar-refractivity contribution is 5.85. The van der Waals surface area contributed by atoms with E-state index in [1.807, 2.05) is 0 Å². The fourth-order valence-electron chi connectivity index (χ4n) is 1.95. The Morgan fingerprint density at radius 3 is 3.06 bits per heavy atom. The number of hydrogen-bond acceptors (Lipinski definition) is 5. The van der Waals surface area contributed by atoms with Crippen LogP contribution in [0.4, 0.5) is 0 Å². The predicted molar refractivity (Wildman–Crippen MR) is 68.6 cm³/mol. The van der Waals surface area contributed by atoms with E-state index < -0.39 is 0 Å². The van der Waals surface area contributed by atoms with Gasteiger partial charge in [-0.1, -0.05) is 5.16 Å². The van der Waals surface area contributed by atoms with E-state index in [2.05, 4.69) is 20.8 Å². The average Bonchev–Trinajstić information content (AvgIpc) is 2.76. The first-order valence-electron chi connectivity index (χ1n) is 6.03. The lowest BCUT2D eigenvalue weighted by Gasteiger charge is -2.21. The van der Waals surface area contributed by atoms with Crippen molar-refractivity contribution in [1.29, 1.82) is 0 Å². The lowest BCUT2D eigenvalue weighted by molar-refractivity contribution is -0.125. The van der Waals surface area contributed by atoms with E-state index in [-0.39, 0.29) is 24.2 Å². The van der Waals surface area contributed by atoms with Crippen molar-refractivity contribution < 1.29 is 9.32 Å². The van der Waals surface area contributed by atoms with Gasteiger partial charge in [0.1, 0.15) is 0 Å². The number of amides is 1. The molecule has 1 aliphatic rings. The van der Waals surface area contributed by atoms with Gasteiger partial charge in [0.2, 0.25) is 11.8 Å². The molecule has 102 valence electrons. The van der Waals surface area contributed by atoms with Crippen molar-refractivity contribution in [2.24, 2.45) is 5.92 Å². The summed E-state index contributed by atoms with van der Waals surface area (Å²) in [6, 6.07) is 0. The molecule has 1 atom stereocenters. The molecule has 0 aliphatic carbocycles. The van der Waals surface area contributed by atoms with Crippen LogP contribution in [0.3, 0.4) is 0 Å². The van der Waals surface area contributed by atoms with Crippen molar-refractivity contribution in [2.45, 2.75) is 26.2 Å². The van der Waals surface area contributed by atoms with Crippen molar-refractivity contribution in [2.75, 3.05) is 19.6 Å². The summed E-state index contributed by atoms with van der Waals surface area (Å²) >= 11 is 0. The topological polar surface area (TPSA) is 80.0 Å². The van der Waals surface area contributed by atoms with Crippen molar-refractivity contribution in [1.82, 2.24) is 20.8 Å². The highest BCUT2D eigenvalue weighted by Crippen LogP contribution is 2.09. The fourth-order valence-corrected chi connectivity index (χ4v) is 1.95. The third-order valence-electron chi connectivity index (χ3n) is 2.88. The Balaban J connectivity index is 0.00000162. The second-order valence-electron chi connectivity index (χ2n) is 4.32. The Morgan fingerprint density at radius 2 is 2.44 bits per heavy atom. The standard InChI is InChI=1S/C11H18N4O2.ClH/c1-8-14-10(17-15-8)4-6-13-11(16)9-3-2-5-12-7-9;/h9,12H,2-7H2,1H3,(H,13,16);1H. The Labute approximate surface area is 112 Å². The molecule has 7 heteroatoms.